The Hall–Kier alpha value is -0.120. The fourth-order valence-corrected chi connectivity index (χ4v) is 1.15. The molecular weight excluding hydrogens is 116 g/mol. The van der Waals surface area contributed by atoms with Gasteiger partial charge < -0.3 is 15.8 Å². The molecule has 1 heterocycles. The second-order valence-electron chi connectivity index (χ2n) is 2.54. The van der Waals surface area contributed by atoms with Crippen LogP contribution in [0.3, 0.4) is 0 Å². The van der Waals surface area contributed by atoms with Gasteiger partial charge in [-0.3, -0.25) is 0 Å². The molecule has 3 nitrogen and oxygen atoms in total. The molecule has 0 amide bonds. The van der Waals surface area contributed by atoms with Crippen molar-refractivity contribution in [3.8, 4) is 0 Å². The van der Waals surface area contributed by atoms with E-state index >= 15 is 0 Å². The van der Waals surface area contributed by atoms with Gasteiger partial charge >= 0.3 is 0 Å². The first-order valence-corrected chi connectivity index (χ1v) is 3.30. The molecule has 0 spiro atoms. The molecule has 0 aliphatic carbocycles. The molecule has 1 aliphatic rings. The molecule has 1 saturated heterocycles. The number of hydrogen-bond donors (Lipinski definition) is 2. The summed E-state index contributed by atoms with van der Waals surface area (Å²) in [5.74, 6) is 0.523. The Bertz CT molecular complexity index is 87.1. The third-order valence-corrected chi connectivity index (χ3v) is 1.77. The molecule has 0 unspecified atom stereocenters. The van der Waals surface area contributed by atoms with E-state index in [0.29, 0.717) is 12.0 Å². The summed E-state index contributed by atoms with van der Waals surface area (Å²) in [7, 11) is 1.71. The molecule has 0 aromatic rings. The highest BCUT2D eigenvalue weighted by molar-refractivity contribution is 4.83. The topological polar surface area (TPSA) is 47.3 Å². The van der Waals surface area contributed by atoms with E-state index in [2.05, 4.69) is 5.32 Å². The smallest absolute Gasteiger partial charge is 0.0517 e. The lowest BCUT2D eigenvalue weighted by atomic mass is 10.1. The third kappa shape index (κ3) is 1.64. The normalized spacial score (nSPS) is 35.3. The van der Waals surface area contributed by atoms with E-state index in [1.165, 1.54) is 0 Å². The average Bonchev–Trinajstić information content (AvgIpc) is 2.18. The number of ether oxygens (including phenoxy) is 1. The zero-order chi connectivity index (χ0) is 6.69. The predicted molar refractivity (Wildman–Crippen MR) is 36.2 cm³/mol. The monoisotopic (exact) mass is 130 g/mol. The van der Waals surface area contributed by atoms with Crippen LogP contribution in [0.4, 0.5) is 0 Å². The van der Waals surface area contributed by atoms with E-state index in [-0.39, 0.29) is 0 Å². The highest BCUT2D eigenvalue weighted by Crippen LogP contribution is 2.05. The maximum atomic E-state index is 5.72. The first-order valence-electron chi connectivity index (χ1n) is 3.30. The van der Waals surface area contributed by atoms with Gasteiger partial charge in [-0.05, 0) is 0 Å². The summed E-state index contributed by atoms with van der Waals surface area (Å²) in [6.07, 6.45) is 0. The SMILES string of the molecule is COC[C@@H]1CNC[C@@H]1N. The Labute approximate surface area is 55.6 Å². The van der Waals surface area contributed by atoms with Gasteiger partial charge in [0, 0.05) is 32.2 Å². The van der Waals surface area contributed by atoms with Crippen molar-refractivity contribution in [3.05, 3.63) is 0 Å². The van der Waals surface area contributed by atoms with Crippen molar-refractivity contribution in [1.82, 2.24) is 5.32 Å². The standard InChI is InChI=1S/C6H14N2O/c1-9-4-5-2-8-3-6(5)7/h5-6,8H,2-4,7H2,1H3/t5-,6-/m0/s1. The number of nitrogens with two attached hydrogens (primary N) is 1. The Kier molecular flexibility index (Phi) is 2.45. The molecule has 0 radical (unpaired) electrons. The maximum Gasteiger partial charge on any atom is 0.0517 e. The number of methoxy groups -OCH3 is 1. The van der Waals surface area contributed by atoms with Crippen molar-refractivity contribution in [3.63, 3.8) is 0 Å². The molecule has 2 atom stereocenters. The molecule has 3 heteroatoms. The number of rotatable bonds is 2. The van der Waals surface area contributed by atoms with Crippen LogP contribution in [0.15, 0.2) is 0 Å². The molecule has 3 N–H and O–H groups in total. The van der Waals surface area contributed by atoms with Crippen LogP contribution in [0, 0.1) is 5.92 Å². The minimum Gasteiger partial charge on any atom is -0.384 e. The Morgan fingerprint density at radius 1 is 1.67 bits per heavy atom. The van der Waals surface area contributed by atoms with Crippen molar-refractivity contribution in [2.45, 2.75) is 6.04 Å². The van der Waals surface area contributed by atoms with E-state index < -0.39 is 0 Å². The average molecular weight is 130 g/mol. The molecule has 0 saturated carbocycles. The van der Waals surface area contributed by atoms with Gasteiger partial charge in [-0.25, -0.2) is 0 Å². The summed E-state index contributed by atoms with van der Waals surface area (Å²) >= 11 is 0. The fraction of sp³-hybridized carbons (Fsp3) is 1.00. The summed E-state index contributed by atoms with van der Waals surface area (Å²) in [4.78, 5) is 0. The van der Waals surface area contributed by atoms with Crippen LogP contribution in [-0.2, 0) is 4.74 Å². The summed E-state index contributed by atoms with van der Waals surface area (Å²) in [5, 5.41) is 3.20. The predicted octanol–water partition coefficient (Wildman–Crippen LogP) is -0.820. The Morgan fingerprint density at radius 2 is 2.44 bits per heavy atom. The van der Waals surface area contributed by atoms with Gasteiger partial charge in [-0.15, -0.1) is 0 Å². The molecule has 9 heavy (non-hydrogen) atoms. The molecule has 0 bridgehead atoms. The van der Waals surface area contributed by atoms with Crippen LogP contribution < -0.4 is 11.1 Å². The minimum atomic E-state index is 0.296. The van der Waals surface area contributed by atoms with Crippen LogP contribution >= 0.6 is 0 Å². The van der Waals surface area contributed by atoms with Gasteiger partial charge in [-0.1, -0.05) is 0 Å². The summed E-state index contributed by atoms with van der Waals surface area (Å²) in [5.41, 5.74) is 5.72. The van der Waals surface area contributed by atoms with Gasteiger partial charge in [0.05, 0.1) is 6.61 Å². The van der Waals surface area contributed by atoms with Gasteiger partial charge in [0.15, 0.2) is 0 Å². The maximum absolute atomic E-state index is 5.72. The highest BCUT2D eigenvalue weighted by atomic mass is 16.5. The Balaban J connectivity index is 2.22. The first kappa shape index (κ1) is 6.99. The number of nitrogens with one attached hydrogen (secondary N) is 1. The third-order valence-electron chi connectivity index (χ3n) is 1.77. The molecular formula is C6H14N2O. The van der Waals surface area contributed by atoms with E-state index in [1.54, 1.807) is 7.11 Å². The van der Waals surface area contributed by atoms with Crippen LogP contribution in [0.5, 0.6) is 0 Å². The van der Waals surface area contributed by atoms with Gasteiger partial charge in [0.2, 0.25) is 0 Å². The van der Waals surface area contributed by atoms with Gasteiger partial charge in [-0.2, -0.15) is 0 Å². The molecule has 0 aromatic heterocycles. The van der Waals surface area contributed by atoms with Gasteiger partial charge in [0.25, 0.3) is 0 Å². The van der Waals surface area contributed by atoms with E-state index in [9.17, 15) is 0 Å². The zero-order valence-electron chi connectivity index (χ0n) is 5.76. The number of hydrogen-bond acceptors (Lipinski definition) is 3. The highest BCUT2D eigenvalue weighted by Gasteiger charge is 2.22. The van der Waals surface area contributed by atoms with Crippen LogP contribution in [0.2, 0.25) is 0 Å². The molecule has 1 aliphatic heterocycles. The first-order chi connectivity index (χ1) is 4.34. The van der Waals surface area contributed by atoms with Gasteiger partial charge in [0.1, 0.15) is 0 Å². The van der Waals surface area contributed by atoms with Crippen LogP contribution in [0.25, 0.3) is 0 Å². The molecule has 1 rings (SSSR count). The lowest BCUT2D eigenvalue weighted by Gasteiger charge is -2.11. The molecule has 0 aromatic carbocycles. The minimum absolute atomic E-state index is 0.296. The largest absolute Gasteiger partial charge is 0.384 e. The van der Waals surface area contributed by atoms with Crippen LogP contribution in [0.1, 0.15) is 0 Å². The van der Waals surface area contributed by atoms with Crippen molar-refractivity contribution in [1.29, 1.82) is 0 Å². The quantitative estimate of drug-likeness (QED) is 0.513. The van der Waals surface area contributed by atoms with E-state index in [0.717, 1.165) is 19.7 Å². The molecule has 1 fully saturated rings. The second-order valence-corrected chi connectivity index (χ2v) is 2.54. The van der Waals surface area contributed by atoms with Crippen molar-refractivity contribution in [2.75, 3.05) is 26.8 Å². The fourth-order valence-electron chi connectivity index (χ4n) is 1.15. The summed E-state index contributed by atoms with van der Waals surface area (Å²) in [6.45, 7) is 2.73. The lowest BCUT2D eigenvalue weighted by Crippen LogP contribution is -2.31. The zero-order valence-corrected chi connectivity index (χ0v) is 5.76. The molecule has 54 valence electrons. The summed E-state index contributed by atoms with van der Waals surface area (Å²) < 4.78 is 4.98. The van der Waals surface area contributed by atoms with E-state index in [4.69, 9.17) is 10.5 Å². The van der Waals surface area contributed by atoms with Crippen molar-refractivity contribution >= 4 is 0 Å². The second kappa shape index (κ2) is 3.15. The summed E-state index contributed by atoms with van der Waals surface area (Å²) in [6, 6.07) is 0.296. The van der Waals surface area contributed by atoms with Crippen molar-refractivity contribution in [2.24, 2.45) is 11.7 Å². The Morgan fingerprint density at radius 3 is 2.89 bits per heavy atom. The van der Waals surface area contributed by atoms with Crippen molar-refractivity contribution < 1.29 is 4.74 Å². The van der Waals surface area contributed by atoms with Crippen LogP contribution in [-0.4, -0.2) is 32.8 Å². The van der Waals surface area contributed by atoms with E-state index in [1.807, 2.05) is 0 Å². The lowest BCUT2D eigenvalue weighted by molar-refractivity contribution is 0.153.